The van der Waals surface area contributed by atoms with E-state index in [1.54, 1.807) is 0 Å². The van der Waals surface area contributed by atoms with Gasteiger partial charge in [-0.1, -0.05) is 321 Å². The van der Waals surface area contributed by atoms with Gasteiger partial charge in [-0.05, 0) is 51.4 Å². The van der Waals surface area contributed by atoms with Crippen LogP contribution in [0.4, 0.5) is 0 Å². The third kappa shape index (κ3) is 57.6. The number of carbonyl (C=O) groups is 2. The molecule has 0 aromatic rings. The van der Waals surface area contributed by atoms with Crippen LogP contribution >= 0.6 is 0 Å². The third-order valence-corrected chi connectivity index (χ3v) is 15.3. The zero-order valence-electron chi connectivity index (χ0n) is 48.7. The molecular weight excluding hydrogens is 887 g/mol. The molecule has 0 aliphatic heterocycles. The fraction of sp³-hybridized carbons (Fsp3) is 0.909. The number of aliphatic hydroxyl groups excluding tert-OH is 2. The summed E-state index contributed by atoms with van der Waals surface area (Å²) in [5.74, 6) is -0.0345. The van der Waals surface area contributed by atoms with Crippen molar-refractivity contribution in [3.8, 4) is 0 Å². The van der Waals surface area contributed by atoms with Crippen LogP contribution in [0.3, 0.4) is 0 Å². The molecule has 3 N–H and O–H groups in total. The van der Waals surface area contributed by atoms with Crippen molar-refractivity contribution in [2.75, 3.05) is 13.2 Å². The molecule has 0 saturated carbocycles. The molecule has 6 heteroatoms. The molecule has 426 valence electrons. The SMILES string of the molecule is CCCC/C=C\C/C=C\CCCCCCCC(=O)OCCCCCCCCCCCCCCCCCCCCCCCC(=O)NC(CO)C(O)CCCCCCCCCCCCCCCCCCCCCC. The Morgan fingerprint density at radius 2 is 0.708 bits per heavy atom. The molecule has 0 fully saturated rings. The van der Waals surface area contributed by atoms with E-state index in [0.717, 1.165) is 51.4 Å². The lowest BCUT2D eigenvalue weighted by molar-refractivity contribution is -0.143. The van der Waals surface area contributed by atoms with E-state index in [9.17, 15) is 19.8 Å². The molecule has 0 radical (unpaired) electrons. The highest BCUT2D eigenvalue weighted by Crippen LogP contribution is 2.18. The number of rotatable bonds is 61. The minimum Gasteiger partial charge on any atom is -0.466 e. The quantitative estimate of drug-likeness (QED) is 0.0320. The number of nitrogens with one attached hydrogen (secondary N) is 1. The normalized spacial score (nSPS) is 12.7. The molecule has 0 aromatic heterocycles. The second kappa shape index (κ2) is 61.9. The van der Waals surface area contributed by atoms with Crippen LogP contribution in [0.5, 0.6) is 0 Å². The van der Waals surface area contributed by atoms with Crippen LogP contribution in [0.25, 0.3) is 0 Å². The summed E-state index contributed by atoms with van der Waals surface area (Å²) in [7, 11) is 0. The first-order valence-electron chi connectivity index (χ1n) is 32.6. The summed E-state index contributed by atoms with van der Waals surface area (Å²) in [4.78, 5) is 24.6. The summed E-state index contributed by atoms with van der Waals surface area (Å²) >= 11 is 0. The molecule has 6 nitrogen and oxygen atoms in total. The van der Waals surface area contributed by atoms with Crippen molar-refractivity contribution >= 4 is 11.9 Å². The maximum absolute atomic E-state index is 12.5. The molecule has 0 rings (SSSR count). The molecule has 72 heavy (non-hydrogen) atoms. The van der Waals surface area contributed by atoms with Crippen molar-refractivity contribution in [2.24, 2.45) is 0 Å². The van der Waals surface area contributed by atoms with Crippen LogP contribution in [0.15, 0.2) is 24.3 Å². The first kappa shape index (κ1) is 70.3. The summed E-state index contributed by atoms with van der Waals surface area (Å²) in [6.45, 7) is 4.93. The number of aliphatic hydroxyl groups is 2. The maximum atomic E-state index is 12.5. The fourth-order valence-electron chi connectivity index (χ4n) is 10.2. The lowest BCUT2D eigenvalue weighted by atomic mass is 10.0. The number of esters is 1. The van der Waals surface area contributed by atoms with Crippen molar-refractivity contribution in [3.63, 3.8) is 0 Å². The summed E-state index contributed by atoms with van der Waals surface area (Å²) in [5.41, 5.74) is 0. The number of allylic oxidation sites excluding steroid dienone is 4. The van der Waals surface area contributed by atoms with E-state index >= 15 is 0 Å². The van der Waals surface area contributed by atoms with Gasteiger partial charge in [0.1, 0.15) is 0 Å². The van der Waals surface area contributed by atoms with Gasteiger partial charge < -0.3 is 20.3 Å². The molecule has 0 heterocycles. The van der Waals surface area contributed by atoms with E-state index in [-0.39, 0.29) is 18.5 Å². The van der Waals surface area contributed by atoms with E-state index < -0.39 is 12.1 Å². The van der Waals surface area contributed by atoms with E-state index in [0.29, 0.717) is 25.9 Å². The van der Waals surface area contributed by atoms with Crippen molar-refractivity contribution in [2.45, 2.75) is 373 Å². The van der Waals surface area contributed by atoms with Crippen molar-refractivity contribution in [1.82, 2.24) is 5.32 Å². The van der Waals surface area contributed by atoms with Gasteiger partial charge in [0.25, 0.3) is 0 Å². The third-order valence-electron chi connectivity index (χ3n) is 15.3. The minimum absolute atomic E-state index is 0.00193. The van der Waals surface area contributed by atoms with Gasteiger partial charge in [-0.15, -0.1) is 0 Å². The highest BCUT2D eigenvalue weighted by atomic mass is 16.5. The van der Waals surface area contributed by atoms with Gasteiger partial charge in [0, 0.05) is 12.8 Å². The van der Waals surface area contributed by atoms with Gasteiger partial charge in [0.2, 0.25) is 5.91 Å². The smallest absolute Gasteiger partial charge is 0.305 e. The first-order valence-corrected chi connectivity index (χ1v) is 32.6. The number of hydrogen-bond donors (Lipinski definition) is 3. The largest absolute Gasteiger partial charge is 0.466 e. The zero-order valence-corrected chi connectivity index (χ0v) is 48.7. The van der Waals surface area contributed by atoms with Crippen LogP contribution in [0.1, 0.15) is 361 Å². The van der Waals surface area contributed by atoms with Crippen LogP contribution in [0.2, 0.25) is 0 Å². The number of unbranched alkanes of at least 4 members (excludes halogenated alkanes) is 46. The Hall–Kier alpha value is -1.66. The molecule has 0 spiro atoms. The lowest BCUT2D eigenvalue weighted by Crippen LogP contribution is -2.45. The predicted molar refractivity (Wildman–Crippen MR) is 315 cm³/mol. The Balaban J connectivity index is 3.39. The number of amides is 1. The standard InChI is InChI=1S/C66H127NO5/c1-3-5-7-9-11-13-15-17-19-20-21-25-28-31-34-38-42-46-50-54-58-64(69)63(62-68)67-65(70)59-55-51-47-43-39-35-32-29-26-23-22-24-27-30-33-37-41-45-49-53-57-61-72-66(71)60-56-52-48-44-40-36-18-16-14-12-10-8-6-4-2/h10,12,16,18,63-64,68-69H,3-9,11,13-15,17,19-62H2,1-2H3,(H,67,70)/b12-10-,18-16-. The second-order valence-electron chi connectivity index (χ2n) is 22.5. The molecule has 0 aliphatic rings. The molecule has 0 aliphatic carbocycles. The average molecular weight is 1010 g/mol. The van der Waals surface area contributed by atoms with Crippen molar-refractivity contribution in [1.29, 1.82) is 0 Å². The molecular formula is C66H127NO5. The number of ether oxygens (including phenoxy) is 1. The molecule has 1 amide bonds. The summed E-state index contributed by atoms with van der Waals surface area (Å²) < 4.78 is 5.48. The van der Waals surface area contributed by atoms with Crippen LogP contribution in [-0.2, 0) is 14.3 Å². The Labute approximate surface area is 450 Å². The minimum atomic E-state index is -0.666. The van der Waals surface area contributed by atoms with Crippen LogP contribution in [-0.4, -0.2) is 47.4 Å². The van der Waals surface area contributed by atoms with Gasteiger partial charge in [-0.2, -0.15) is 0 Å². The van der Waals surface area contributed by atoms with Crippen LogP contribution in [0, 0.1) is 0 Å². The summed E-state index contributed by atoms with van der Waals surface area (Å²) in [6.07, 6.45) is 76.2. The Morgan fingerprint density at radius 3 is 1.10 bits per heavy atom. The fourth-order valence-corrected chi connectivity index (χ4v) is 10.2. The predicted octanol–water partition coefficient (Wildman–Crippen LogP) is 20.6. The molecule has 0 aromatic carbocycles. The van der Waals surface area contributed by atoms with Gasteiger partial charge in [-0.3, -0.25) is 9.59 Å². The van der Waals surface area contributed by atoms with Gasteiger partial charge in [0.15, 0.2) is 0 Å². The zero-order chi connectivity index (χ0) is 52.2. The topological polar surface area (TPSA) is 95.9 Å². The lowest BCUT2D eigenvalue weighted by Gasteiger charge is -2.22. The summed E-state index contributed by atoms with van der Waals surface area (Å²) in [6, 6.07) is -0.543. The van der Waals surface area contributed by atoms with E-state index in [2.05, 4.69) is 43.5 Å². The highest BCUT2D eigenvalue weighted by molar-refractivity contribution is 5.76. The van der Waals surface area contributed by atoms with Gasteiger partial charge >= 0.3 is 5.97 Å². The average Bonchev–Trinajstić information content (AvgIpc) is 3.38. The van der Waals surface area contributed by atoms with Crippen molar-refractivity contribution in [3.05, 3.63) is 24.3 Å². The molecule has 0 bridgehead atoms. The number of hydrogen-bond acceptors (Lipinski definition) is 5. The molecule has 2 unspecified atom stereocenters. The van der Waals surface area contributed by atoms with Crippen molar-refractivity contribution < 1.29 is 24.5 Å². The van der Waals surface area contributed by atoms with E-state index in [1.165, 1.54) is 276 Å². The highest BCUT2D eigenvalue weighted by Gasteiger charge is 2.20. The van der Waals surface area contributed by atoms with Gasteiger partial charge in [-0.25, -0.2) is 0 Å². The number of carbonyl (C=O) groups excluding carboxylic acids is 2. The van der Waals surface area contributed by atoms with E-state index in [4.69, 9.17) is 4.74 Å². The maximum Gasteiger partial charge on any atom is 0.305 e. The Kier molecular flexibility index (Phi) is 60.5. The van der Waals surface area contributed by atoms with Gasteiger partial charge in [0.05, 0.1) is 25.4 Å². The monoisotopic (exact) mass is 1010 g/mol. The Bertz CT molecular complexity index is 1120. The summed E-state index contributed by atoms with van der Waals surface area (Å²) in [5, 5.41) is 23.4. The molecule has 2 atom stereocenters. The van der Waals surface area contributed by atoms with E-state index in [1.807, 2.05) is 0 Å². The Morgan fingerprint density at radius 1 is 0.389 bits per heavy atom. The van der Waals surface area contributed by atoms with Crippen LogP contribution < -0.4 is 5.32 Å². The second-order valence-corrected chi connectivity index (χ2v) is 22.5. The first-order chi connectivity index (χ1) is 35.5. The molecule has 0 saturated heterocycles.